The Labute approximate surface area is 103 Å². The molecule has 1 rings (SSSR count). The van der Waals surface area contributed by atoms with E-state index in [0.29, 0.717) is 6.54 Å². The van der Waals surface area contributed by atoms with Gasteiger partial charge in [0.05, 0.1) is 5.92 Å². The summed E-state index contributed by atoms with van der Waals surface area (Å²) in [6.07, 6.45) is 0. The number of hydrogen-bond donors (Lipinski definition) is 2. The Hall–Kier alpha value is -1.71. The third-order valence-electron chi connectivity index (χ3n) is 2.89. The number of anilines is 2. The van der Waals surface area contributed by atoms with Crippen LogP contribution in [-0.2, 0) is 4.79 Å². The van der Waals surface area contributed by atoms with Crippen LogP contribution in [0, 0.1) is 12.8 Å². The molecular weight excluding hydrogens is 214 g/mol. The number of amides is 1. The van der Waals surface area contributed by atoms with Crippen molar-refractivity contribution in [3.63, 3.8) is 0 Å². The van der Waals surface area contributed by atoms with Gasteiger partial charge < -0.3 is 16.0 Å². The van der Waals surface area contributed by atoms with Crippen molar-refractivity contribution in [1.82, 2.24) is 5.32 Å². The maximum Gasteiger partial charge on any atom is 0.224 e. The molecule has 0 radical (unpaired) electrons. The summed E-state index contributed by atoms with van der Waals surface area (Å²) in [7, 11) is 3.63. The van der Waals surface area contributed by atoms with E-state index in [0.717, 1.165) is 16.9 Å². The number of nitrogen functional groups attached to an aromatic ring is 1. The van der Waals surface area contributed by atoms with Gasteiger partial charge in [0.2, 0.25) is 5.91 Å². The highest BCUT2D eigenvalue weighted by Gasteiger charge is 2.15. The molecule has 94 valence electrons. The summed E-state index contributed by atoms with van der Waals surface area (Å²) in [4.78, 5) is 13.5. The molecule has 1 aromatic carbocycles. The molecule has 0 aliphatic heterocycles. The molecule has 0 saturated carbocycles. The molecule has 1 aromatic rings. The lowest BCUT2D eigenvalue weighted by molar-refractivity contribution is -0.123. The van der Waals surface area contributed by atoms with Crippen LogP contribution in [-0.4, -0.2) is 26.5 Å². The Morgan fingerprint density at radius 2 is 2.18 bits per heavy atom. The van der Waals surface area contributed by atoms with Crippen molar-refractivity contribution in [2.45, 2.75) is 13.8 Å². The van der Waals surface area contributed by atoms with E-state index in [1.54, 1.807) is 7.05 Å². The van der Waals surface area contributed by atoms with Crippen LogP contribution in [0.4, 0.5) is 11.4 Å². The Bertz CT molecular complexity index is 404. The monoisotopic (exact) mass is 235 g/mol. The summed E-state index contributed by atoms with van der Waals surface area (Å²) in [5.74, 6) is 0.00392. The lowest BCUT2D eigenvalue weighted by Gasteiger charge is -2.24. The third-order valence-corrected chi connectivity index (χ3v) is 2.89. The summed E-state index contributed by atoms with van der Waals surface area (Å²) in [5.41, 5.74) is 8.75. The fourth-order valence-electron chi connectivity index (χ4n) is 1.88. The number of aryl methyl sites for hydroxylation is 1. The topological polar surface area (TPSA) is 58.4 Å². The number of carbonyl (C=O) groups is 1. The minimum Gasteiger partial charge on any atom is -0.399 e. The van der Waals surface area contributed by atoms with Gasteiger partial charge in [0.1, 0.15) is 0 Å². The summed E-state index contributed by atoms with van der Waals surface area (Å²) < 4.78 is 0. The first-order valence-corrected chi connectivity index (χ1v) is 5.74. The van der Waals surface area contributed by atoms with Crippen molar-refractivity contribution in [3.8, 4) is 0 Å². The fraction of sp³-hybridized carbons (Fsp3) is 0.462. The zero-order valence-corrected chi connectivity index (χ0v) is 10.9. The average molecular weight is 235 g/mol. The van der Waals surface area contributed by atoms with Crippen LogP contribution in [0.3, 0.4) is 0 Å². The van der Waals surface area contributed by atoms with Gasteiger partial charge in [0.25, 0.3) is 0 Å². The minimum atomic E-state index is -0.0502. The summed E-state index contributed by atoms with van der Waals surface area (Å²) in [6, 6.07) is 5.81. The zero-order valence-electron chi connectivity index (χ0n) is 10.9. The smallest absolute Gasteiger partial charge is 0.224 e. The standard InChI is InChI=1S/C13H21N3O/c1-9-5-6-11(14)7-12(9)16(4)8-10(2)13(17)15-3/h5-7,10H,8,14H2,1-4H3,(H,15,17). The Morgan fingerprint density at radius 1 is 1.53 bits per heavy atom. The first-order chi connectivity index (χ1) is 7.95. The highest BCUT2D eigenvalue weighted by Crippen LogP contribution is 2.22. The molecular formula is C13H21N3O. The van der Waals surface area contributed by atoms with E-state index in [-0.39, 0.29) is 11.8 Å². The SMILES string of the molecule is CNC(=O)C(C)CN(C)c1cc(N)ccc1C. The van der Waals surface area contributed by atoms with Gasteiger partial charge >= 0.3 is 0 Å². The number of hydrogen-bond acceptors (Lipinski definition) is 3. The second kappa shape index (κ2) is 5.57. The number of carbonyl (C=O) groups excluding carboxylic acids is 1. The van der Waals surface area contributed by atoms with Crippen LogP contribution in [0.1, 0.15) is 12.5 Å². The number of nitrogens with one attached hydrogen (secondary N) is 1. The largest absolute Gasteiger partial charge is 0.399 e. The summed E-state index contributed by atoms with van der Waals surface area (Å²) in [6.45, 7) is 4.62. The van der Waals surface area contributed by atoms with E-state index in [1.807, 2.05) is 39.1 Å². The van der Waals surface area contributed by atoms with Crippen LogP contribution in [0.2, 0.25) is 0 Å². The summed E-state index contributed by atoms with van der Waals surface area (Å²) >= 11 is 0. The molecule has 1 unspecified atom stereocenters. The number of benzene rings is 1. The van der Waals surface area contributed by atoms with Gasteiger partial charge in [0.15, 0.2) is 0 Å². The van der Waals surface area contributed by atoms with Gasteiger partial charge in [-0.2, -0.15) is 0 Å². The Morgan fingerprint density at radius 3 is 2.76 bits per heavy atom. The third kappa shape index (κ3) is 3.37. The van der Waals surface area contributed by atoms with Crippen molar-refractivity contribution in [3.05, 3.63) is 23.8 Å². The predicted octanol–water partition coefficient (Wildman–Crippen LogP) is 1.40. The van der Waals surface area contributed by atoms with Crippen LogP contribution >= 0.6 is 0 Å². The Kier molecular flexibility index (Phi) is 4.37. The van der Waals surface area contributed by atoms with E-state index >= 15 is 0 Å². The van der Waals surface area contributed by atoms with Gasteiger partial charge in [-0.15, -0.1) is 0 Å². The normalized spacial score (nSPS) is 12.0. The van der Waals surface area contributed by atoms with Crippen LogP contribution in [0.25, 0.3) is 0 Å². The van der Waals surface area contributed by atoms with E-state index < -0.39 is 0 Å². The highest BCUT2D eigenvalue weighted by molar-refractivity contribution is 5.78. The molecule has 0 aliphatic carbocycles. The first kappa shape index (κ1) is 13.4. The average Bonchev–Trinajstić information content (AvgIpc) is 2.30. The number of nitrogens with two attached hydrogens (primary N) is 1. The van der Waals surface area contributed by atoms with E-state index in [4.69, 9.17) is 5.73 Å². The molecule has 0 fully saturated rings. The van der Waals surface area contributed by atoms with Crippen molar-refractivity contribution < 1.29 is 4.79 Å². The zero-order chi connectivity index (χ0) is 13.0. The van der Waals surface area contributed by atoms with Crippen molar-refractivity contribution in [1.29, 1.82) is 0 Å². The second-order valence-corrected chi connectivity index (χ2v) is 4.44. The quantitative estimate of drug-likeness (QED) is 0.775. The molecule has 1 atom stereocenters. The molecule has 4 heteroatoms. The number of rotatable bonds is 4. The molecule has 0 saturated heterocycles. The second-order valence-electron chi connectivity index (χ2n) is 4.44. The first-order valence-electron chi connectivity index (χ1n) is 5.74. The van der Waals surface area contributed by atoms with Crippen molar-refractivity contribution >= 4 is 17.3 Å². The lowest BCUT2D eigenvalue weighted by Crippen LogP contribution is -2.34. The molecule has 3 N–H and O–H groups in total. The molecule has 17 heavy (non-hydrogen) atoms. The molecule has 0 heterocycles. The molecule has 0 aromatic heterocycles. The lowest BCUT2D eigenvalue weighted by atomic mass is 10.1. The molecule has 0 aliphatic rings. The van der Waals surface area contributed by atoms with Crippen molar-refractivity contribution in [2.24, 2.45) is 5.92 Å². The summed E-state index contributed by atoms with van der Waals surface area (Å²) in [5, 5.41) is 2.66. The van der Waals surface area contributed by atoms with Gasteiger partial charge in [-0.3, -0.25) is 4.79 Å². The predicted molar refractivity (Wildman–Crippen MR) is 72.1 cm³/mol. The van der Waals surface area contributed by atoms with Crippen molar-refractivity contribution in [2.75, 3.05) is 31.3 Å². The fourth-order valence-corrected chi connectivity index (χ4v) is 1.88. The van der Waals surface area contributed by atoms with Gasteiger partial charge in [-0.25, -0.2) is 0 Å². The van der Waals surface area contributed by atoms with E-state index in [1.165, 1.54) is 0 Å². The van der Waals surface area contributed by atoms with Gasteiger partial charge in [0, 0.05) is 32.0 Å². The highest BCUT2D eigenvalue weighted by atomic mass is 16.1. The molecule has 0 spiro atoms. The van der Waals surface area contributed by atoms with Gasteiger partial charge in [-0.1, -0.05) is 13.0 Å². The van der Waals surface area contributed by atoms with Gasteiger partial charge in [-0.05, 0) is 24.6 Å². The van der Waals surface area contributed by atoms with Crippen LogP contribution < -0.4 is 16.0 Å². The van der Waals surface area contributed by atoms with Crippen LogP contribution in [0.5, 0.6) is 0 Å². The maximum absolute atomic E-state index is 11.5. The van der Waals surface area contributed by atoms with E-state index in [9.17, 15) is 4.79 Å². The Balaban J connectivity index is 2.79. The van der Waals surface area contributed by atoms with E-state index in [2.05, 4.69) is 10.2 Å². The number of nitrogens with zero attached hydrogens (tertiary/aromatic N) is 1. The minimum absolute atomic E-state index is 0.0502. The van der Waals surface area contributed by atoms with Crippen LogP contribution in [0.15, 0.2) is 18.2 Å². The molecule has 4 nitrogen and oxygen atoms in total. The molecule has 1 amide bonds. The molecule has 0 bridgehead atoms. The maximum atomic E-state index is 11.5.